The molecule has 0 saturated heterocycles. The van der Waals surface area contributed by atoms with E-state index in [4.69, 9.17) is 0 Å². The average Bonchev–Trinajstić information content (AvgIpc) is 2.73. The number of rotatable bonds is 6. The maximum absolute atomic E-state index is 11.4. The number of carbonyl (C=O) groups is 1. The van der Waals surface area contributed by atoms with Gasteiger partial charge in [-0.1, -0.05) is 26.2 Å². The molecule has 0 aliphatic heterocycles. The normalized spacial score (nSPS) is 19.1. The molecule has 0 spiro atoms. The van der Waals surface area contributed by atoms with Crippen LogP contribution in [0.5, 0.6) is 0 Å². The lowest BCUT2D eigenvalue weighted by Gasteiger charge is -2.26. The maximum Gasteiger partial charge on any atom is 0.220 e. The largest absolute Gasteiger partial charge is 0.396 e. The van der Waals surface area contributed by atoms with Gasteiger partial charge in [0.05, 0.1) is 6.61 Å². The van der Waals surface area contributed by atoms with Crippen molar-refractivity contribution in [3.8, 4) is 0 Å². The minimum absolute atomic E-state index is 0.0120. The van der Waals surface area contributed by atoms with Gasteiger partial charge in [0.2, 0.25) is 5.91 Å². The Morgan fingerprint density at radius 3 is 2.60 bits per heavy atom. The van der Waals surface area contributed by atoms with Gasteiger partial charge in [0.1, 0.15) is 0 Å². The third-order valence-electron chi connectivity index (χ3n) is 3.42. The summed E-state index contributed by atoms with van der Waals surface area (Å²) in [5.41, 5.74) is -0.0120. The molecule has 0 aromatic rings. The number of hydrogen-bond donors (Lipinski definition) is 2. The molecule has 0 bridgehead atoms. The second kappa shape index (κ2) is 6.11. The van der Waals surface area contributed by atoms with Gasteiger partial charge < -0.3 is 10.4 Å². The van der Waals surface area contributed by atoms with Crippen molar-refractivity contribution in [1.82, 2.24) is 5.32 Å². The number of nitrogens with one attached hydrogen (secondary N) is 1. The zero-order valence-electron chi connectivity index (χ0n) is 9.72. The van der Waals surface area contributed by atoms with Crippen molar-refractivity contribution in [2.75, 3.05) is 13.2 Å². The Kier molecular flexibility index (Phi) is 5.09. The quantitative estimate of drug-likeness (QED) is 0.707. The third-order valence-corrected chi connectivity index (χ3v) is 3.42. The molecule has 1 aliphatic rings. The van der Waals surface area contributed by atoms with Crippen molar-refractivity contribution < 1.29 is 9.90 Å². The van der Waals surface area contributed by atoms with Crippen LogP contribution >= 0.6 is 0 Å². The van der Waals surface area contributed by atoms with Crippen molar-refractivity contribution in [2.45, 2.75) is 51.9 Å². The lowest BCUT2D eigenvalue weighted by Crippen LogP contribution is -2.38. The molecule has 0 heterocycles. The van der Waals surface area contributed by atoms with Gasteiger partial charge in [-0.25, -0.2) is 0 Å². The molecule has 3 heteroatoms. The van der Waals surface area contributed by atoms with Crippen LogP contribution in [-0.4, -0.2) is 24.2 Å². The van der Waals surface area contributed by atoms with Crippen LogP contribution in [0.2, 0.25) is 0 Å². The fourth-order valence-electron chi connectivity index (χ4n) is 2.23. The number of hydrogen-bond acceptors (Lipinski definition) is 2. The summed E-state index contributed by atoms with van der Waals surface area (Å²) in [6.45, 7) is 2.95. The molecule has 15 heavy (non-hydrogen) atoms. The summed E-state index contributed by atoms with van der Waals surface area (Å²) in [5.74, 6) is 0.136. The van der Waals surface area contributed by atoms with E-state index in [1.54, 1.807) is 0 Å². The molecule has 0 atom stereocenters. The second-order valence-corrected chi connectivity index (χ2v) is 4.75. The monoisotopic (exact) mass is 213 g/mol. The summed E-state index contributed by atoms with van der Waals surface area (Å²) in [4.78, 5) is 11.4. The number of carbonyl (C=O) groups excluding carboxylic acids is 1. The summed E-state index contributed by atoms with van der Waals surface area (Å²) >= 11 is 0. The molecule has 1 saturated carbocycles. The topological polar surface area (TPSA) is 49.3 Å². The van der Waals surface area contributed by atoms with Crippen LogP contribution in [0.4, 0.5) is 0 Å². The van der Waals surface area contributed by atoms with Crippen LogP contribution in [0.25, 0.3) is 0 Å². The summed E-state index contributed by atoms with van der Waals surface area (Å²) in [6.07, 6.45) is 7.11. The number of unbranched alkanes of at least 4 members (excludes halogenated alkanes) is 1. The van der Waals surface area contributed by atoms with E-state index in [1.165, 1.54) is 12.8 Å². The first-order valence-corrected chi connectivity index (χ1v) is 6.10. The highest BCUT2D eigenvalue weighted by Crippen LogP contribution is 2.36. The first kappa shape index (κ1) is 12.5. The van der Waals surface area contributed by atoms with Crippen LogP contribution in [-0.2, 0) is 4.79 Å². The fourth-order valence-corrected chi connectivity index (χ4v) is 2.23. The fraction of sp³-hybridized carbons (Fsp3) is 0.917. The van der Waals surface area contributed by atoms with Gasteiger partial charge in [0, 0.05) is 18.4 Å². The van der Waals surface area contributed by atoms with Gasteiger partial charge in [-0.15, -0.1) is 0 Å². The lowest BCUT2D eigenvalue weighted by molar-refractivity contribution is -0.121. The summed E-state index contributed by atoms with van der Waals surface area (Å²) in [6, 6.07) is 0. The van der Waals surface area contributed by atoms with Gasteiger partial charge in [0.25, 0.3) is 0 Å². The molecule has 1 aliphatic carbocycles. The van der Waals surface area contributed by atoms with Crippen molar-refractivity contribution in [3.05, 3.63) is 0 Å². The van der Waals surface area contributed by atoms with E-state index in [2.05, 4.69) is 12.2 Å². The predicted octanol–water partition coefficient (Wildman–Crippen LogP) is 1.85. The Hall–Kier alpha value is -0.570. The van der Waals surface area contributed by atoms with E-state index in [0.717, 1.165) is 25.7 Å². The third kappa shape index (κ3) is 3.82. The highest BCUT2D eigenvalue weighted by Gasteiger charge is 2.33. The van der Waals surface area contributed by atoms with Crippen molar-refractivity contribution in [2.24, 2.45) is 5.41 Å². The van der Waals surface area contributed by atoms with Gasteiger partial charge in [0.15, 0.2) is 0 Å². The Labute approximate surface area is 92.3 Å². The molecule has 1 fully saturated rings. The summed E-state index contributed by atoms with van der Waals surface area (Å²) in [5, 5.41) is 12.3. The molecule has 1 amide bonds. The molecule has 1 rings (SSSR count). The molecule has 3 nitrogen and oxygen atoms in total. The highest BCUT2D eigenvalue weighted by atomic mass is 16.3. The van der Waals surface area contributed by atoms with Gasteiger partial charge >= 0.3 is 0 Å². The van der Waals surface area contributed by atoms with E-state index < -0.39 is 0 Å². The smallest absolute Gasteiger partial charge is 0.220 e. The van der Waals surface area contributed by atoms with Crippen molar-refractivity contribution in [3.63, 3.8) is 0 Å². The van der Waals surface area contributed by atoms with E-state index in [0.29, 0.717) is 13.0 Å². The molecular formula is C12H23NO2. The van der Waals surface area contributed by atoms with Crippen LogP contribution in [0, 0.1) is 5.41 Å². The molecule has 0 aromatic carbocycles. The van der Waals surface area contributed by atoms with Gasteiger partial charge in [-0.05, 0) is 19.3 Å². The van der Waals surface area contributed by atoms with Crippen molar-refractivity contribution in [1.29, 1.82) is 0 Å². The van der Waals surface area contributed by atoms with Crippen LogP contribution < -0.4 is 5.32 Å². The number of aliphatic hydroxyl groups is 1. The Morgan fingerprint density at radius 2 is 2.07 bits per heavy atom. The minimum Gasteiger partial charge on any atom is -0.396 e. The first-order valence-electron chi connectivity index (χ1n) is 6.10. The van der Waals surface area contributed by atoms with Gasteiger partial charge in [-0.2, -0.15) is 0 Å². The Balaban J connectivity index is 2.25. The Morgan fingerprint density at radius 1 is 1.40 bits per heavy atom. The van der Waals surface area contributed by atoms with E-state index in [9.17, 15) is 9.90 Å². The van der Waals surface area contributed by atoms with E-state index in [1.807, 2.05) is 0 Å². The summed E-state index contributed by atoms with van der Waals surface area (Å²) < 4.78 is 0. The maximum atomic E-state index is 11.4. The predicted molar refractivity (Wildman–Crippen MR) is 60.5 cm³/mol. The zero-order chi connectivity index (χ0) is 11.1. The first-order chi connectivity index (χ1) is 7.22. The van der Waals surface area contributed by atoms with Crippen molar-refractivity contribution >= 4 is 5.91 Å². The molecule has 0 aromatic heterocycles. The molecule has 0 unspecified atom stereocenters. The van der Waals surface area contributed by atoms with E-state index >= 15 is 0 Å². The molecule has 0 radical (unpaired) electrons. The molecule has 88 valence electrons. The molecule has 2 N–H and O–H groups in total. The van der Waals surface area contributed by atoms with E-state index in [-0.39, 0.29) is 17.9 Å². The van der Waals surface area contributed by atoms with Gasteiger partial charge in [-0.3, -0.25) is 4.79 Å². The zero-order valence-corrected chi connectivity index (χ0v) is 9.72. The second-order valence-electron chi connectivity index (χ2n) is 4.75. The standard InChI is InChI=1S/C12H23NO2/c1-2-3-6-11(15)13-9-12(10-14)7-4-5-8-12/h14H,2-10H2,1H3,(H,13,15). The van der Waals surface area contributed by atoms with Crippen LogP contribution in [0.3, 0.4) is 0 Å². The minimum atomic E-state index is -0.0120. The summed E-state index contributed by atoms with van der Waals surface area (Å²) in [7, 11) is 0. The molecular weight excluding hydrogens is 190 g/mol. The lowest BCUT2D eigenvalue weighted by atomic mass is 9.87. The highest BCUT2D eigenvalue weighted by molar-refractivity contribution is 5.75. The Bertz CT molecular complexity index is 198. The van der Waals surface area contributed by atoms with Crippen LogP contribution in [0.15, 0.2) is 0 Å². The number of amides is 1. The SMILES string of the molecule is CCCCC(=O)NCC1(CO)CCCC1. The number of aliphatic hydroxyl groups excluding tert-OH is 1. The average molecular weight is 213 g/mol. The van der Waals surface area contributed by atoms with Crippen LogP contribution in [0.1, 0.15) is 51.9 Å².